The Morgan fingerprint density at radius 3 is 2.77 bits per heavy atom. The van der Waals surface area contributed by atoms with Crippen molar-refractivity contribution in [3.05, 3.63) is 81.6 Å². The highest BCUT2D eigenvalue weighted by Gasteiger charge is 2.40. The molecule has 0 aromatic carbocycles. The lowest BCUT2D eigenvalue weighted by Gasteiger charge is -2.40. The lowest BCUT2D eigenvalue weighted by atomic mass is 9.76. The molecule has 0 saturated carbocycles. The second kappa shape index (κ2) is 8.84. The van der Waals surface area contributed by atoms with Gasteiger partial charge in [-0.25, -0.2) is 15.0 Å². The molecule has 1 saturated heterocycles. The van der Waals surface area contributed by atoms with Gasteiger partial charge in [0.25, 0.3) is 0 Å². The monoisotopic (exact) mass is 503 g/mol. The van der Waals surface area contributed by atoms with Gasteiger partial charge >= 0.3 is 0 Å². The van der Waals surface area contributed by atoms with E-state index >= 15 is 0 Å². The number of thioether (sulfide) groups is 1. The van der Waals surface area contributed by atoms with Crippen LogP contribution in [0.5, 0.6) is 0 Å². The average molecular weight is 504 g/mol. The Balaban J connectivity index is 1.20. The fraction of sp³-hybridized carbons (Fsp3) is 0.308. The number of hydrogen-bond acceptors (Lipinski definition) is 8. The topological polar surface area (TPSA) is 83.0 Å². The number of piperidine rings is 1. The second-order valence-electron chi connectivity index (χ2n) is 9.41. The molecule has 0 amide bonds. The zero-order valence-electron chi connectivity index (χ0n) is 19.5. The fourth-order valence-corrected chi connectivity index (χ4v) is 6.48. The number of nitrogens with two attached hydrogens (primary N) is 1. The molecule has 0 unspecified atom stereocenters. The van der Waals surface area contributed by atoms with Gasteiger partial charge in [0.1, 0.15) is 23.3 Å². The molecule has 2 aromatic heterocycles. The van der Waals surface area contributed by atoms with E-state index in [0.29, 0.717) is 16.3 Å². The Morgan fingerprint density at radius 1 is 1.09 bits per heavy atom. The predicted molar refractivity (Wildman–Crippen MR) is 142 cm³/mol. The molecular weight excluding hydrogens is 478 g/mol. The number of allylic oxidation sites excluding steroid dienone is 2. The third-order valence-corrected chi connectivity index (χ3v) is 8.86. The van der Waals surface area contributed by atoms with E-state index in [2.05, 4.69) is 27.0 Å². The van der Waals surface area contributed by atoms with Gasteiger partial charge in [0.05, 0.1) is 9.93 Å². The summed E-state index contributed by atoms with van der Waals surface area (Å²) in [6.07, 6.45) is 16.1. The summed E-state index contributed by atoms with van der Waals surface area (Å²) in [6.45, 7) is 1.98. The van der Waals surface area contributed by atoms with Crippen molar-refractivity contribution in [1.82, 2.24) is 19.8 Å². The first-order chi connectivity index (χ1) is 17.0. The quantitative estimate of drug-likeness (QED) is 0.654. The highest BCUT2D eigenvalue weighted by Crippen LogP contribution is 2.44. The normalized spacial score (nSPS) is 20.5. The van der Waals surface area contributed by atoms with Crippen molar-refractivity contribution in [3.63, 3.8) is 0 Å². The first-order valence-corrected chi connectivity index (χ1v) is 13.0. The maximum atomic E-state index is 6.37. The molecule has 6 rings (SSSR count). The second-order valence-corrected chi connectivity index (χ2v) is 10.9. The predicted octanol–water partition coefficient (Wildman–Crippen LogP) is 4.68. The number of aromatic nitrogens is 2. The molecule has 1 fully saturated rings. The van der Waals surface area contributed by atoms with Gasteiger partial charge in [-0.1, -0.05) is 29.4 Å². The number of aliphatic imine (C=N–C) groups is 2. The van der Waals surface area contributed by atoms with E-state index in [1.165, 1.54) is 23.0 Å². The molecule has 2 N–H and O–H groups in total. The van der Waals surface area contributed by atoms with E-state index in [0.717, 1.165) is 66.1 Å². The standard InChI is InChI=1S/C26H26ClN7S/c1-33-21-5-4-20(35-19-6-11-30-24(28)23(19)27)25(33)31-12-7-22(32-21)34-13-8-26(9-14-34)15-17-3-2-10-29-18(17)16-26/h2-7,10-12H,8-9,13-16H2,1H3,(H2,28,30). The van der Waals surface area contributed by atoms with Gasteiger partial charge in [-0.2, -0.15) is 0 Å². The van der Waals surface area contributed by atoms with Crippen molar-refractivity contribution >= 4 is 41.2 Å². The Labute approximate surface area is 214 Å². The van der Waals surface area contributed by atoms with E-state index in [-0.39, 0.29) is 0 Å². The Hall–Kier alpha value is -3.10. The highest BCUT2D eigenvalue weighted by molar-refractivity contribution is 8.03. The van der Waals surface area contributed by atoms with Crippen molar-refractivity contribution in [1.29, 1.82) is 0 Å². The van der Waals surface area contributed by atoms with Crippen LogP contribution < -0.4 is 5.73 Å². The summed E-state index contributed by atoms with van der Waals surface area (Å²) in [4.78, 5) is 24.7. The van der Waals surface area contributed by atoms with Crippen molar-refractivity contribution in [2.45, 2.75) is 30.6 Å². The van der Waals surface area contributed by atoms with Crippen LogP contribution in [0.3, 0.4) is 0 Å². The maximum Gasteiger partial charge on any atom is 0.147 e. The van der Waals surface area contributed by atoms with Crippen LogP contribution in [0.2, 0.25) is 5.02 Å². The molecule has 35 heavy (non-hydrogen) atoms. The van der Waals surface area contributed by atoms with E-state index in [1.54, 1.807) is 6.20 Å². The number of halogens is 1. The molecule has 1 aliphatic carbocycles. The summed E-state index contributed by atoms with van der Waals surface area (Å²) in [7, 11) is 2.00. The van der Waals surface area contributed by atoms with Gasteiger partial charge in [-0.3, -0.25) is 4.98 Å². The molecular formula is C26H26ClN7S. The van der Waals surface area contributed by atoms with Crippen molar-refractivity contribution < 1.29 is 0 Å². The summed E-state index contributed by atoms with van der Waals surface area (Å²) in [6, 6.07) is 6.16. The summed E-state index contributed by atoms with van der Waals surface area (Å²) in [5.74, 6) is 2.98. The highest BCUT2D eigenvalue weighted by atomic mass is 35.5. The first-order valence-electron chi connectivity index (χ1n) is 11.8. The number of anilines is 1. The van der Waals surface area contributed by atoms with E-state index < -0.39 is 0 Å². The van der Waals surface area contributed by atoms with Crippen LogP contribution in [0.1, 0.15) is 24.1 Å². The van der Waals surface area contributed by atoms with E-state index in [4.69, 9.17) is 27.3 Å². The third kappa shape index (κ3) is 4.15. The van der Waals surface area contributed by atoms with Gasteiger partial charge in [0.2, 0.25) is 0 Å². The van der Waals surface area contributed by atoms with Crippen LogP contribution in [0.25, 0.3) is 0 Å². The van der Waals surface area contributed by atoms with Crippen molar-refractivity contribution in [2.24, 2.45) is 15.4 Å². The Kier molecular flexibility index (Phi) is 5.65. The third-order valence-electron chi connectivity index (χ3n) is 7.26. The number of rotatable bonds is 3. The van der Waals surface area contributed by atoms with Crippen LogP contribution in [-0.4, -0.2) is 52.0 Å². The van der Waals surface area contributed by atoms with Gasteiger partial charge in [-0.05, 0) is 67.0 Å². The van der Waals surface area contributed by atoms with Crippen molar-refractivity contribution in [3.8, 4) is 0 Å². The minimum atomic E-state index is 0.326. The summed E-state index contributed by atoms with van der Waals surface area (Å²) in [5.41, 5.74) is 8.94. The van der Waals surface area contributed by atoms with Crippen LogP contribution in [-0.2, 0) is 12.8 Å². The van der Waals surface area contributed by atoms with Crippen LogP contribution >= 0.6 is 23.4 Å². The minimum Gasteiger partial charge on any atom is -0.382 e. The number of pyridine rings is 2. The van der Waals surface area contributed by atoms with Gasteiger partial charge in [-0.15, -0.1) is 0 Å². The summed E-state index contributed by atoms with van der Waals surface area (Å²) < 4.78 is 0. The van der Waals surface area contributed by atoms with Crippen LogP contribution in [0, 0.1) is 5.41 Å². The number of nitrogen functional groups attached to an aromatic ring is 1. The summed E-state index contributed by atoms with van der Waals surface area (Å²) >= 11 is 7.89. The molecule has 5 heterocycles. The lowest BCUT2D eigenvalue weighted by Crippen LogP contribution is -2.40. The molecule has 2 aromatic rings. The largest absolute Gasteiger partial charge is 0.382 e. The Bertz CT molecular complexity index is 1310. The van der Waals surface area contributed by atoms with Crippen LogP contribution in [0.15, 0.2) is 80.2 Å². The van der Waals surface area contributed by atoms with Crippen molar-refractivity contribution in [2.75, 3.05) is 25.9 Å². The van der Waals surface area contributed by atoms with E-state index in [9.17, 15) is 0 Å². The Morgan fingerprint density at radius 2 is 1.94 bits per heavy atom. The molecule has 7 nitrogen and oxygen atoms in total. The molecule has 178 valence electrons. The molecule has 9 heteroatoms. The van der Waals surface area contributed by atoms with E-state index in [1.807, 2.05) is 48.7 Å². The molecule has 2 bridgehead atoms. The molecule has 1 spiro atoms. The number of hydrogen-bond donors (Lipinski definition) is 1. The fourth-order valence-electron chi connectivity index (χ4n) is 5.27. The lowest BCUT2D eigenvalue weighted by molar-refractivity contribution is 0.135. The van der Waals surface area contributed by atoms with Gasteiger partial charge in [0, 0.05) is 49.3 Å². The SMILES string of the molecule is CN1C2=NC(N3CCC4(CC3)Cc3cccnc3C4)=CC=NC1=C(Sc1ccnc(N)c1Cl)C=C2. The summed E-state index contributed by atoms with van der Waals surface area (Å²) in [5, 5.41) is 0.460. The number of nitrogens with zero attached hydrogens (tertiary/aromatic N) is 6. The average Bonchev–Trinajstić information content (AvgIpc) is 3.22. The van der Waals surface area contributed by atoms with Gasteiger partial charge in [0.15, 0.2) is 0 Å². The molecule has 0 atom stereocenters. The zero-order chi connectivity index (χ0) is 24.0. The number of likely N-dealkylation sites (tertiary alicyclic amines) is 1. The minimum absolute atomic E-state index is 0.326. The molecule has 3 aliphatic heterocycles. The van der Waals surface area contributed by atoms with Crippen LogP contribution in [0.4, 0.5) is 5.82 Å². The van der Waals surface area contributed by atoms with Gasteiger partial charge < -0.3 is 15.5 Å². The smallest absolute Gasteiger partial charge is 0.147 e. The molecule has 4 aliphatic rings. The maximum absolute atomic E-state index is 6.37. The number of likely N-dealkylation sites (N-methyl/N-ethyl adjacent to an activating group) is 1. The zero-order valence-corrected chi connectivity index (χ0v) is 21.1. The first kappa shape index (κ1) is 22.4. The number of amidine groups is 1. The molecule has 0 radical (unpaired) electrons. The number of fused-ring (bicyclic) bond motifs is 3.